The van der Waals surface area contributed by atoms with Gasteiger partial charge >= 0.3 is 0 Å². The summed E-state index contributed by atoms with van der Waals surface area (Å²) in [5, 5.41) is 0. The van der Waals surface area contributed by atoms with E-state index < -0.39 is 0 Å². The fourth-order valence-corrected chi connectivity index (χ4v) is 1.70. The van der Waals surface area contributed by atoms with Gasteiger partial charge in [0.25, 0.3) is 0 Å². The molecule has 2 rings (SSSR count). The first kappa shape index (κ1) is 8.91. The molecule has 0 atom stereocenters. The average molecular weight is 196 g/mol. The van der Waals surface area contributed by atoms with E-state index in [0.29, 0.717) is 13.2 Å². The van der Waals surface area contributed by atoms with E-state index >= 15 is 0 Å². The molecule has 0 bridgehead atoms. The van der Waals surface area contributed by atoms with Crippen LogP contribution in [-0.2, 0) is 9.48 Å². The van der Waals surface area contributed by atoms with Crippen LogP contribution in [0.2, 0.25) is 0 Å². The van der Waals surface area contributed by atoms with E-state index in [4.69, 9.17) is 9.47 Å². The number of rotatable bonds is 2. The van der Waals surface area contributed by atoms with Crippen molar-refractivity contribution in [1.82, 2.24) is 0 Å². The van der Waals surface area contributed by atoms with E-state index in [1.165, 1.54) is 5.56 Å². The van der Waals surface area contributed by atoms with Crippen LogP contribution in [0.25, 0.3) is 0 Å². The highest BCUT2D eigenvalue weighted by atomic mass is 32.1. The van der Waals surface area contributed by atoms with Crippen molar-refractivity contribution in [2.75, 3.05) is 20.3 Å². The molecule has 13 heavy (non-hydrogen) atoms. The van der Waals surface area contributed by atoms with Gasteiger partial charge in [0.1, 0.15) is 5.75 Å². The monoisotopic (exact) mass is 196 g/mol. The van der Waals surface area contributed by atoms with Crippen LogP contribution in [0, 0.1) is 0 Å². The van der Waals surface area contributed by atoms with Gasteiger partial charge in [-0.3, -0.25) is 0 Å². The van der Waals surface area contributed by atoms with Gasteiger partial charge in [0.05, 0.1) is 25.1 Å². The third-order valence-corrected chi connectivity index (χ3v) is 2.81. The molecule has 1 aromatic rings. The van der Waals surface area contributed by atoms with Crippen LogP contribution in [0.5, 0.6) is 5.75 Å². The zero-order chi connectivity index (χ0) is 9.31. The summed E-state index contributed by atoms with van der Waals surface area (Å²) in [4.78, 5) is 0. The standard InChI is InChI=1S/C10H12O2S/c1-11-9-4-2-3-8(5-9)10(13)6-12-7-10/h2-5,13H,6-7H2,1H3. The normalized spacial score (nSPS) is 19.2. The molecule has 3 heteroatoms. The van der Waals surface area contributed by atoms with Crippen LogP contribution in [0.15, 0.2) is 24.3 Å². The summed E-state index contributed by atoms with van der Waals surface area (Å²) in [6.45, 7) is 1.37. The van der Waals surface area contributed by atoms with E-state index in [9.17, 15) is 0 Å². The maximum Gasteiger partial charge on any atom is 0.119 e. The minimum atomic E-state index is -0.103. The topological polar surface area (TPSA) is 18.5 Å². The Morgan fingerprint density at radius 1 is 1.46 bits per heavy atom. The zero-order valence-electron chi connectivity index (χ0n) is 7.49. The smallest absolute Gasteiger partial charge is 0.119 e. The van der Waals surface area contributed by atoms with Gasteiger partial charge in [-0.2, -0.15) is 12.6 Å². The van der Waals surface area contributed by atoms with E-state index in [0.717, 1.165) is 5.75 Å². The largest absolute Gasteiger partial charge is 0.497 e. The van der Waals surface area contributed by atoms with Crippen LogP contribution in [0.1, 0.15) is 5.56 Å². The Balaban J connectivity index is 2.29. The van der Waals surface area contributed by atoms with Gasteiger partial charge in [-0.15, -0.1) is 0 Å². The number of thiol groups is 1. The van der Waals surface area contributed by atoms with Crippen LogP contribution in [0.4, 0.5) is 0 Å². The molecule has 1 saturated heterocycles. The average Bonchev–Trinajstić information content (AvgIpc) is 2.14. The van der Waals surface area contributed by atoms with Crippen LogP contribution >= 0.6 is 12.6 Å². The van der Waals surface area contributed by atoms with Crippen molar-refractivity contribution in [3.8, 4) is 5.75 Å². The second-order valence-corrected chi connectivity index (χ2v) is 4.11. The maximum atomic E-state index is 5.15. The van der Waals surface area contributed by atoms with Gasteiger partial charge in [-0.1, -0.05) is 12.1 Å². The van der Waals surface area contributed by atoms with Crippen molar-refractivity contribution in [2.24, 2.45) is 0 Å². The Bertz CT molecular complexity index is 308. The summed E-state index contributed by atoms with van der Waals surface area (Å²) < 4.78 is 10.2. The van der Waals surface area contributed by atoms with Crippen molar-refractivity contribution in [3.63, 3.8) is 0 Å². The molecule has 1 aliphatic rings. The minimum absolute atomic E-state index is 0.103. The van der Waals surface area contributed by atoms with Crippen molar-refractivity contribution >= 4 is 12.6 Å². The Labute approximate surface area is 83.3 Å². The second kappa shape index (κ2) is 3.24. The van der Waals surface area contributed by atoms with Gasteiger partial charge in [0.2, 0.25) is 0 Å². The van der Waals surface area contributed by atoms with Gasteiger partial charge in [-0.05, 0) is 17.7 Å². The van der Waals surface area contributed by atoms with Crippen LogP contribution in [-0.4, -0.2) is 20.3 Å². The SMILES string of the molecule is COc1cccc(C2(S)COC2)c1. The molecular formula is C10H12O2S. The molecule has 0 N–H and O–H groups in total. The highest BCUT2D eigenvalue weighted by Gasteiger charge is 2.36. The van der Waals surface area contributed by atoms with Crippen molar-refractivity contribution in [1.29, 1.82) is 0 Å². The zero-order valence-corrected chi connectivity index (χ0v) is 8.38. The maximum absolute atomic E-state index is 5.15. The fourth-order valence-electron chi connectivity index (χ4n) is 1.37. The lowest BCUT2D eigenvalue weighted by Gasteiger charge is -2.37. The molecular weight excluding hydrogens is 184 g/mol. The quantitative estimate of drug-likeness (QED) is 0.728. The third-order valence-electron chi connectivity index (χ3n) is 2.29. The summed E-state index contributed by atoms with van der Waals surface area (Å²) in [5.74, 6) is 0.873. The number of methoxy groups -OCH3 is 1. The van der Waals surface area contributed by atoms with E-state index in [2.05, 4.69) is 18.7 Å². The lowest BCUT2D eigenvalue weighted by atomic mass is 9.96. The fraction of sp³-hybridized carbons (Fsp3) is 0.400. The molecule has 70 valence electrons. The number of ether oxygens (including phenoxy) is 2. The van der Waals surface area contributed by atoms with E-state index in [1.54, 1.807) is 7.11 Å². The van der Waals surface area contributed by atoms with Gasteiger partial charge in [-0.25, -0.2) is 0 Å². The molecule has 0 spiro atoms. The molecule has 2 nitrogen and oxygen atoms in total. The Morgan fingerprint density at radius 3 is 2.77 bits per heavy atom. The molecule has 0 aliphatic carbocycles. The lowest BCUT2D eigenvalue weighted by Crippen LogP contribution is -2.41. The first-order valence-corrected chi connectivity index (χ1v) is 4.64. The predicted octanol–water partition coefficient (Wildman–Crippen LogP) is 1.85. The first-order chi connectivity index (χ1) is 6.24. The molecule has 0 aromatic heterocycles. The molecule has 1 heterocycles. The first-order valence-electron chi connectivity index (χ1n) is 4.19. The lowest BCUT2D eigenvalue weighted by molar-refractivity contribution is -0.00975. The van der Waals surface area contributed by atoms with Crippen molar-refractivity contribution < 1.29 is 9.47 Å². The third kappa shape index (κ3) is 1.54. The summed E-state index contributed by atoms with van der Waals surface area (Å²) in [6, 6.07) is 7.97. The highest BCUT2D eigenvalue weighted by molar-refractivity contribution is 7.81. The Hall–Kier alpha value is -0.670. The number of benzene rings is 1. The van der Waals surface area contributed by atoms with Gasteiger partial charge < -0.3 is 9.47 Å². The summed E-state index contributed by atoms with van der Waals surface area (Å²) in [7, 11) is 1.67. The van der Waals surface area contributed by atoms with Gasteiger partial charge in [0.15, 0.2) is 0 Å². The number of hydrogen-bond acceptors (Lipinski definition) is 3. The van der Waals surface area contributed by atoms with Crippen LogP contribution < -0.4 is 4.74 Å². The molecule has 1 fully saturated rings. The molecule has 0 radical (unpaired) electrons. The Kier molecular flexibility index (Phi) is 2.22. The summed E-state index contributed by atoms with van der Waals surface area (Å²) in [6.07, 6.45) is 0. The highest BCUT2D eigenvalue weighted by Crippen LogP contribution is 2.37. The van der Waals surface area contributed by atoms with Crippen molar-refractivity contribution in [3.05, 3.63) is 29.8 Å². The summed E-state index contributed by atoms with van der Waals surface area (Å²) >= 11 is 4.57. The van der Waals surface area contributed by atoms with E-state index in [-0.39, 0.29) is 4.75 Å². The van der Waals surface area contributed by atoms with Gasteiger partial charge in [0, 0.05) is 0 Å². The predicted molar refractivity (Wildman–Crippen MR) is 54.5 cm³/mol. The van der Waals surface area contributed by atoms with E-state index in [1.807, 2.05) is 18.2 Å². The second-order valence-electron chi connectivity index (χ2n) is 3.26. The Morgan fingerprint density at radius 2 is 2.23 bits per heavy atom. The molecule has 0 saturated carbocycles. The van der Waals surface area contributed by atoms with Crippen LogP contribution in [0.3, 0.4) is 0 Å². The molecule has 0 amide bonds. The minimum Gasteiger partial charge on any atom is -0.497 e. The molecule has 0 unspecified atom stereocenters. The molecule has 1 aliphatic heterocycles. The van der Waals surface area contributed by atoms with Crippen molar-refractivity contribution in [2.45, 2.75) is 4.75 Å². The summed E-state index contributed by atoms with van der Waals surface area (Å²) in [5.41, 5.74) is 1.17. The number of hydrogen-bond donors (Lipinski definition) is 1. The molecule has 1 aromatic carbocycles.